The third-order valence-corrected chi connectivity index (χ3v) is 6.54. The molecular weight excluding hydrogens is 426 g/mol. The van der Waals surface area contributed by atoms with Gasteiger partial charge in [-0.05, 0) is 50.5 Å². The van der Waals surface area contributed by atoms with Crippen LogP contribution in [0.15, 0.2) is 48.7 Å². The van der Waals surface area contributed by atoms with Crippen molar-refractivity contribution in [3.8, 4) is 5.69 Å². The van der Waals surface area contributed by atoms with Crippen molar-refractivity contribution in [3.05, 3.63) is 76.7 Å². The largest absolute Gasteiger partial charge is 0.340 e. The fourth-order valence-corrected chi connectivity index (χ4v) is 4.57. The van der Waals surface area contributed by atoms with Crippen LogP contribution in [0.2, 0.25) is 0 Å². The summed E-state index contributed by atoms with van der Waals surface area (Å²) < 4.78 is 3.36. The summed E-state index contributed by atoms with van der Waals surface area (Å²) in [5, 5.41) is 20.6. The standard InChI is InChI=1S/C26H33N7O/c1-19-24(20(2)33(29-19)23-9-11-25(28)32(18-23)21(3)27)10-12-26(34)31-15-13-30(14-16-31)17-22-7-5-4-6-8-22/h4-9,11,18,27-28H,10,12-17H2,1-3H3. The van der Waals surface area contributed by atoms with Crippen molar-refractivity contribution < 1.29 is 4.79 Å². The fraction of sp³-hybridized carbons (Fsp3) is 0.385. The molecule has 2 N–H and O–H groups in total. The SMILES string of the molecule is CC(=N)n1cc(-n2nc(C)c(CCC(=O)N3CCN(Cc4ccccc4)CC3)c2C)ccc1=N. The average Bonchev–Trinajstić information content (AvgIpc) is 3.12. The first kappa shape index (κ1) is 23.6. The number of hydrogen-bond acceptors (Lipinski definition) is 5. The molecule has 8 heteroatoms. The van der Waals surface area contributed by atoms with Gasteiger partial charge in [0.2, 0.25) is 5.91 Å². The van der Waals surface area contributed by atoms with Crippen molar-refractivity contribution in [3.63, 3.8) is 0 Å². The topological polar surface area (TPSA) is 94.0 Å². The van der Waals surface area contributed by atoms with E-state index < -0.39 is 0 Å². The number of nitrogens with one attached hydrogen (secondary N) is 2. The number of hydrogen-bond donors (Lipinski definition) is 2. The number of aromatic nitrogens is 3. The number of nitrogens with zero attached hydrogens (tertiary/aromatic N) is 5. The average molecular weight is 460 g/mol. The lowest BCUT2D eigenvalue weighted by molar-refractivity contribution is -0.133. The van der Waals surface area contributed by atoms with E-state index in [-0.39, 0.29) is 17.2 Å². The summed E-state index contributed by atoms with van der Waals surface area (Å²) in [6, 6.07) is 14.0. The first-order valence-corrected chi connectivity index (χ1v) is 11.8. The highest BCUT2D eigenvalue weighted by atomic mass is 16.2. The summed E-state index contributed by atoms with van der Waals surface area (Å²) in [6.07, 6.45) is 2.88. The maximum absolute atomic E-state index is 12.9. The molecule has 0 bridgehead atoms. The number of benzene rings is 1. The number of amides is 1. The summed E-state index contributed by atoms with van der Waals surface area (Å²) in [7, 11) is 0. The molecule has 4 rings (SSSR count). The molecule has 1 aliphatic rings. The second kappa shape index (κ2) is 10.2. The van der Waals surface area contributed by atoms with E-state index in [1.54, 1.807) is 19.2 Å². The highest BCUT2D eigenvalue weighted by molar-refractivity contribution is 5.79. The van der Waals surface area contributed by atoms with Gasteiger partial charge in [0.25, 0.3) is 0 Å². The lowest BCUT2D eigenvalue weighted by atomic mass is 10.1. The zero-order valence-electron chi connectivity index (χ0n) is 20.2. The number of piperazine rings is 1. The van der Waals surface area contributed by atoms with E-state index >= 15 is 0 Å². The summed E-state index contributed by atoms with van der Waals surface area (Å²) in [5.41, 5.74) is 5.35. The van der Waals surface area contributed by atoms with Crippen LogP contribution >= 0.6 is 0 Å². The van der Waals surface area contributed by atoms with E-state index in [1.807, 2.05) is 35.6 Å². The molecule has 0 spiro atoms. The van der Waals surface area contributed by atoms with Gasteiger partial charge in [-0.15, -0.1) is 0 Å². The quantitative estimate of drug-likeness (QED) is 0.438. The molecule has 1 aliphatic heterocycles. The number of carbonyl (C=O) groups excluding carboxylic acids is 1. The predicted octanol–water partition coefficient (Wildman–Crippen LogP) is 2.89. The van der Waals surface area contributed by atoms with Crippen molar-refractivity contribution in [2.75, 3.05) is 26.2 Å². The fourth-order valence-electron chi connectivity index (χ4n) is 4.57. The van der Waals surface area contributed by atoms with Gasteiger partial charge in [-0.1, -0.05) is 30.3 Å². The monoisotopic (exact) mass is 459 g/mol. The van der Waals surface area contributed by atoms with Crippen molar-refractivity contribution in [2.24, 2.45) is 0 Å². The lowest BCUT2D eigenvalue weighted by Crippen LogP contribution is -2.48. The molecule has 1 amide bonds. The Kier molecular flexibility index (Phi) is 7.07. The molecule has 178 valence electrons. The van der Waals surface area contributed by atoms with Crippen molar-refractivity contribution in [2.45, 2.75) is 40.2 Å². The molecule has 0 unspecified atom stereocenters. The zero-order valence-corrected chi connectivity index (χ0v) is 20.2. The minimum atomic E-state index is 0.196. The molecule has 34 heavy (non-hydrogen) atoms. The molecule has 8 nitrogen and oxygen atoms in total. The highest BCUT2D eigenvalue weighted by Gasteiger charge is 2.22. The van der Waals surface area contributed by atoms with Crippen LogP contribution < -0.4 is 5.49 Å². The van der Waals surface area contributed by atoms with Gasteiger partial charge in [0.15, 0.2) is 0 Å². The van der Waals surface area contributed by atoms with Gasteiger partial charge in [0.05, 0.1) is 11.4 Å². The van der Waals surface area contributed by atoms with Gasteiger partial charge in [0, 0.05) is 51.0 Å². The van der Waals surface area contributed by atoms with E-state index in [2.05, 4.69) is 29.2 Å². The maximum Gasteiger partial charge on any atom is 0.222 e. The first-order chi connectivity index (χ1) is 16.3. The normalized spacial score (nSPS) is 14.4. The van der Waals surface area contributed by atoms with Gasteiger partial charge in [-0.3, -0.25) is 25.1 Å². The summed E-state index contributed by atoms with van der Waals surface area (Å²) in [4.78, 5) is 17.3. The number of carbonyl (C=O) groups is 1. The van der Waals surface area contributed by atoms with Crippen LogP contribution in [0.25, 0.3) is 5.69 Å². The molecule has 2 aromatic heterocycles. The Bertz CT molecular complexity index is 1230. The Morgan fingerprint density at radius 2 is 1.74 bits per heavy atom. The molecule has 0 aliphatic carbocycles. The van der Waals surface area contributed by atoms with Gasteiger partial charge < -0.3 is 4.90 Å². The summed E-state index contributed by atoms with van der Waals surface area (Å²) in [6.45, 7) is 9.90. The molecule has 3 heterocycles. The maximum atomic E-state index is 12.9. The van der Waals surface area contributed by atoms with Crippen LogP contribution in [0.3, 0.4) is 0 Å². The van der Waals surface area contributed by atoms with Crippen LogP contribution in [0.4, 0.5) is 0 Å². The Morgan fingerprint density at radius 3 is 2.41 bits per heavy atom. The Morgan fingerprint density at radius 1 is 1.03 bits per heavy atom. The van der Waals surface area contributed by atoms with Gasteiger partial charge in [-0.25, -0.2) is 4.68 Å². The lowest BCUT2D eigenvalue weighted by Gasteiger charge is -2.34. The van der Waals surface area contributed by atoms with E-state index in [9.17, 15) is 4.79 Å². The number of rotatable bonds is 6. The van der Waals surface area contributed by atoms with Crippen LogP contribution in [0, 0.1) is 24.7 Å². The van der Waals surface area contributed by atoms with Crippen LogP contribution in [-0.2, 0) is 17.8 Å². The Balaban J connectivity index is 1.37. The molecule has 1 saturated heterocycles. The second-order valence-corrected chi connectivity index (χ2v) is 8.93. The first-order valence-electron chi connectivity index (χ1n) is 11.8. The van der Waals surface area contributed by atoms with Crippen molar-refractivity contribution >= 4 is 11.7 Å². The second-order valence-electron chi connectivity index (χ2n) is 8.93. The molecule has 0 saturated carbocycles. The molecule has 3 aromatic rings. The van der Waals surface area contributed by atoms with Crippen LogP contribution in [-0.4, -0.2) is 62.1 Å². The van der Waals surface area contributed by atoms with Crippen molar-refractivity contribution in [1.29, 1.82) is 10.8 Å². The zero-order chi connectivity index (χ0) is 24.2. The minimum Gasteiger partial charge on any atom is -0.340 e. The molecular formula is C26H33N7O. The molecule has 0 atom stereocenters. The molecule has 1 aromatic carbocycles. The van der Waals surface area contributed by atoms with Crippen molar-refractivity contribution in [1.82, 2.24) is 24.1 Å². The van der Waals surface area contributed by atoms with Crippen LogP contribution in [0.5, 0.6) is 0 Å². The van der Waals surface area contributed by atoms with Gasteiger partial charge in [-0.2, -0.15) is 5.10 Å². The summed E-state index contributed by atoms with van der Waals surface area (Å²) >= 11 is 0. The third-order valence-electron chi connectivity index (χ3n) is 6.54. The van der Waals surface area contributed by atoms with E-state index in [0.717, 1.165) is 55.4 Å². The van der Waals surface area contributed by atoms with E-state index in [0.29, 0.717) is 12.8 Å². The smallest absolute Gasteiger partial charge is 0.222 e. The number of aryl methyl sites for hydroxylation is 1. The minimum absolute atomic E-state index is 0.196. The van der Waals surface area contributed by atoms with Gasteiger partial charge in [0.1, 0.15) is 11.3 Å². The Hall–Kier alpha value is -3.52. The molecule has 1 fully saturated rings. The third kappa shape index (κ3) is 5.17. The highest BCUT2D eigenvalue weighted by Crippen LogP contribution is 2.20. The predicted molar refractivity (Wildman–Crippen MR) is 132 cm³/mol. The van der Waals surface area contributed by atoms with Crippen LogP contribution in [0.1, 0.15) is 35.9 Å². The summed E-state index contributed by atoms with van der Waals surface area (Å²) in [5.74, 6) is 0.477. The van der Waals surface area contributed by atoms with E-state index in [4.69, 9.17) is 15.9 Å². The van der Waals surface area contributed by atoms with Gasteiger partial charge >= 0.3 is 0 Å². The molecule has 0 radical (unpaired) electrons. The Labute approximate surface area is 200 Å². The number of pyridine rings is 1. The van der Waals surface area contributed by atoms with E-state index in [1.165, 1.54) is 10.1 Å².